The Morgan fingerprint density at radius 2 is 2.18 bits per heavy atom. The van der Waals surface area contributed by atoms with Crippen LogP contribution in [0.4, 0.5) is 0 Å². The van der Waals surface area contributed by atoms with E-state index >= 15 is 0 Å². The molecule has 0 aliphatic carbocycles. The maximum Gasteiger partial charge on any atom is 0.246 e. The highest BCUT2D eigenvalue weighted by molar-refractivity contribution is 7.89. The molecule has 2 heterocycles. The van der Waals surface area contributed by atoms with Crippen molar-refractivity contribution in [2.75, 3.05) is 0 Å². The van der Waals surface area contributed by atoms with Gasteiger partial charge in [-0.25, -0.2) is 18.1 Å². The first-order chi connectivity index (χ1) is 8.09. The summed E-state index contributed by atoms with van der Waals surface area (Å²) in [6.45, 7) is 0.00364. The fourth-order valence-corrected chi connectivity index (χ4v) is 2.28. The molecule has 3 N–H and O–H groups in total. The second-order valence-corrected chi connectivity index (χ2v) is 4.97. The van der Waals surface area contributed by atoms with Crippen LogP contribution in [-0.4, -0.2) is 23.4 Å². The van der Waals surface area contributed by atoms with E-state index in [-0.39, 0.29) is 11.4 Å². The molecule has 2 aromatic rings. The van der Waals surface area contributed by atoms with Gasteiger partial charge in [-0.3, -0.25) is 4.79 Å². The molecule has 2 rings (SSSR count). The number of nitrogens with zero attached hydrogens (tertiary/aromatic N) is 1. The van der Waals surface area contributed by atoms with Crippen LogP contribution in [0.1, 0.15) is 5.82 Å². The lowest BCUT2D eigenvalue weighted by atomic mass is 10.5. The lowest BCUT2D eigenvalue weighted by Crippen LogP contribution is -2.28. The van der Waals surface area contributed by atoms with Crippen molar-refractivity contribution in [3.05, 3.63) is 46.9 Å². The third kappa shape index (κ3) is 2.60. The Kier molecular flexibility index (Phi) is 3.07. The van der Waals surface area contributed by atoms with E-state index in [0.29, 0.717) is 5.82 Å². The SMILES string of the molecule is O=c1cc[nH]cc1S(=O)(=O)NCc1ncc[nH]1. The zero-order valence-corrected chi connectivity index (χ0v) is 9.49. The fraction of sp³-hybridized carbons (Fsp3) is 0.111. The third-order valence-corrected chi connectivity index (χ3v) is 3.48. The molecular weight excluding hydrogens is 244 g/mol. The smallest absolute Gasteiger partial charge is 0.246 e. The van der Waals surface area contributed by atoms with E-state index in [9.17, 15) is 13.2 Å². The highest BCUT2D eigenvalue weighted by Crippen LogP contribution is 2.00. The van der Waals surface area contributed by atoms with Crippen LogP contribution in [0.2, 0.25) is 0 Å². The van der Waals surface area contributed by atoms with E-state index in [1.807, 2.05) is 0 Å². The molecule has 90 valence electrons. The molecule has 0 bridgehead atoms. The van der Waals surface area contributed by atoms with Crippen molar-refractivity contribution in [2.24, 2.45) is 0 Å². The number of sulfonamides is 1. The van der Waals surface area contributed by atoms with Crippen molar-refractivity contribution in [1.82, 2.24) is 19.7 Å². The standard InChI is InChI=1S/C9H10N4O3S/c14-7-1-2-10-5-8(7)17(15,16)13-6-9-11-3-4-12-9/h1-5,13H,6H2,(H,10,14)(H,11,12). The molecule has 0 fully saturated rings. The van der Waals surface area contributed by atoms with Crippen molar-refractivity contribution in [2.45, 2.75) is 11.4 Å². The summed E-state index contributed by atoms with van der Waals surface area (Å²) in [6.07, 6.45) is 5.61. The lowest BCUT2D eigenvalue weighted by molar-refractivity contribution is 0.578. The summed E-state index contributed by atoms with van der Waals surface area (Å²) in [5.74, 6) is 0.473. The first kappa shape index (κ1) is 11.6. The highest BCUT2D eigenvalue weighted by atomic mass is 32.2. The van der Waals surface area contributed by atoms with Crippen LogP contribution in [0.5, 0.6) is 0 Å². The summed E-state index contributed by atoms with van der Waals surface area (Å²) >= 11 is 0. The minimum Gasteiger partial charge on any atom is -0.366 e. The minimum absolute atomic E-state index is 0.00364. The summed E-state index contributed by atoms with van der Waals surface area (Å²) in [6, 6.07) is 1.15. The summed E-state index contributed by atoms with van der Waals surface area (Å²) in [5, 5.41) is 0. The van der Waals surface area contributed by atoms with E-state index in [4.69, 9.17) is 0 Å². The van der Waals surface area contributed by atoms with Gasteiger partial charge in [-0.15, -0.1) is 0 Å². The number of hydrogen-bond donors (Lipinski definition) is 3. The molecular formula is C9H10N4O3S. The first-order valence-electron chi connectivity index (χ1n) is 4.74. The zero-order chi connectivity index (χ0) is 12.3. The molecule has 17 heavy (non-hydrogen) atoms. The molecule has 7 nitrogen and oxygen atoms in total. The number of hydrogen-bond acceptors (Lipinski definition) is 4. The van der Waals surface area contributed by atoms with E-state index < -0.39 is 15.5 Å². The number of aromatic nitrogens is 3. The van der Waals surface area contributed by atoms with Gasteiger partial charge >= 0.3 is 0 Å². The van der Waals surface area contributed by atoms with Crippen LogP contribution < -0.4 is 10.2 Å². The van der Waals surface area contributed by atoms with Gasteiger partial charge in [0.05, 0.1) is 6.54 Å². The Bertz CT molecular complexity index is 645. The van der Waals surface area contributed by atoms with Crippen LogP contribution in [0, 0.1) is 0 Å². The third-order valence-electron chi connectivity index (χ3n) is 2.06. The van der Waals surface area contributed by atoms with Crippen LogP contribution in [-0.2, 0) is 16.6 Å². The maximum absolute atomic E-state index is 11.8. The van der Waals surface area contributed by atoms with E-state index in [1.165, 1.54) is 12.4 Å². The summed E-state index contributed by atoms with van der Waals surface area (Å²) in [5.41, 5.74) is -0.560. The molecule has 8 heteroatoms. The number of nitrogens with one attached hydrogen (secondary N) is 3. The van der Waals surface area contributed by atoms with E-state index in [0.717, 1.165) is 12.3 Å². The molecule has 0 aromatic carbocycles. The molecule has 0 aliphatic heterocycles. The Labute approximate surface area is 97.0 Å². The predicted octanol–water partition coefficient (Wildman–Crippen LogP) is -0.424. The van der Waals surface area contributed by atoms with Crippen molar-refractivity contribution in [1.29, 1.82) is 0 Å². The van der Waals surface area contributed by atoms with Gasteiger partial charge in [-0.1, -0.05) is 0 Å². The van der Waals surface area contributed by atoms with E-state index in [1.54, 1.807) is 6.20 Å². The van der Waals surface area contributed by atoms with Gasteiger partial charge in [0.2, 0.25) is 15.5 Å². The second-order valence-electron chi connectivity index (χ2n) is 3.23. The Morgan fingerprint density at radius 1 is 1.35 bits per heavy atom. The molecule has 0 aliphatic rings. The van der Waals surface area contributed by atoms with Gasteiger partial charge in [-0.05, 0) is 0 Å². The van der Waals surface area contributed by atoms with Gasteiger partial charge < -0.3 is 9.97 Å². The molecule has 0 saturated carbocycles. The topological polar surface area (TPSA) is 108 Å². The average molecular weight is 254 g/mol. The number of imidazole rings is 1. The van der Waals surface area contributed by atoms with Gasteiger partial charge in [0.15, 0.2) is 0 Å². The Morgan fingerprint density at radius 3 is 2.82 bits per heavy atom. The molecule has 0 amide bonds. The largest absolute Gasteiger partial charge is 0.366 e. The van der Waals surface area contributed by atoms with Crippen LogP contribution in [0.3, 0.4) is 0 Å². The molecule has 0 spiro atoms. The number of rotatable bonds is 4. The Balaban J connectivity index is 2.20. The van der Waals surface area contributed by atoms with E-state index in [2.05, 4.69) is 19.7 Å². The summed E-state index contributed by atoms with van der Waals surface area (Å²) in [4.78, 5) is 20.2. The van der Waals surface area contributed by atoms with Gasteiger partial charge in [0.1, 0.15) is 10.7 Å². The quantitative estimate of drug-likeness (QED) is 0.688. The lowest BCUT2D eigenvalue weighted by Gasteiger charge is -2.03. The average Bonchev–Trinajstić information content (AvgIpc) is 2.80. The first-order valence-corrected chi connectivity index (χ1v) is 6.23. The number of pyridine rings is 1. The van der Waals surface area contributed by atoms with Crippen molar-refractivity contribution in [3.8, 4) is 0 Å². The predicted molar refractivity (Wildman–Crippen MR) is 59.7 cm³/mol. The molecule has 0 unspecified atom stereocenters. The van der Waals surface area contributed by atoms with Gasteiger partial charge in [0, 0.05) is 30.9 Å². The van der Waals surface area contributed by atoms with Crippen molar-refractivity contribution >= 4 is 10.0 Å². The fourth-order valence-electron chi connectivity index (χ4n) is 1.25. The Hall–Kier alpha value is -1.93. The molecule has 2 aromatic heterocycles. The molecule has 0 saturated heterocycles. The van der Waals surface area contributed by atoms with Crippen LogP contribution >= 0.6 is 0 Å². The maximum atomic E-state index is 11.8. The minimum atomic E-state index is -3.82. The second kappa shape index (κ2) is 4.52. The molecule has 0 atom stereocenters. The van der Waals surface area contributed by atoms with Crippen molar-refractivity contribution < 1.29 is 8.42 Å². The van der Waals surface area contributed by atoms with Crippen LogP contribution in [0.25, 0.3) is 0 Å². The monoisotopic (exact) mass is 254 g/mol. The highest BCUT2D eigenvalue weighted by Gasteiger charge is 2.17. The summed E-state index contributed by atoms with van der Waals surface area (Å²) < 4.78 is 25.8. The zero-order valence-electron chi connectivity index (χ0n) is 8.67. The normalized spacial score (nSPS) is 11.5. The van der Waals surface area contributed by atoms with Crippen LogP contribution in [0.15, 0.2) is 40.5 Å². The summed E-state index contributed by atoms with van der Waals surface area (Å²) in [7, 11) is -3.82. The molecule has 0 radical (unpaired) electrons. The van der Waals surface area contributed by atoms with Crippen molar-refractivity contribution in [3.63, 3.8) is 0 Å². The number of H-pyrrole nitrogens is 2. The number of aromatic amines is 2. The van der Waals surface area contributed by atoms with Gasteiger partial charge in [0.25, 0.3) is 0 Å². The van der Waals surface area contributed by atoms with Gasteiger partial charge in [-0.2, -0.15) is 0 Å².